The second-order valence-electron chi connectivity index (χ2n) is 12.4. The number of allylic oxidation sites excluding steroid dienone is 5. The van der Waals surface area contributed by atoms with E-state index in [0.29, 0.717) is 9.54 Å². The Hall–Kier alpha value is -0.660. The normalized spacial score (nSPS) is 17.3. The van der Waals surface area contributed by atoms with Gasteiger partial charge in [0.05, 0.1) is 0 Å². The summed E-state index contributed by atoms with van der Waals surface area (Å²) in [6.07, 6.45) is 2.62. The number of benzene rings is 2. The molecule has 1 atom stereocenters. The van der Waals surface area contributed by atoms with E-state index in [1.807, 2.05) is 0 Å². The summed E-state index contributed by atoms with van der Waals surface area (Å²) in [6, 6.07) is 16.5. The molecule has 0 spiro atoms. The maximum absolute atomic E-state index is 2.63. The number of fused-ring (bicyclic) bond motifs is 1. The summed E-state index contributed by atoms with van der Waals surface area (Å²) in [4.78, 5) is 0. The van der Waals surface area contributed by atoms with Crippen molar-refractivity contribution in [3.05, 3.63) is 87.0 Å². The third kappa shape index (κ3) is 5.94. The van der Waals surface area contributed by atoms with Gasteiger partial charge in [-0.05, 0) is 0 Å². The Labute approximate surface area is 247 Å². The smallest absolute Gasteiger partial charge is 1.00 e. The van der Waals surface area contributed by atoms with Gasteiger partial charge in [0.25, 0.3) is 0 Å². The molecule has 2 aromatic carbocycles. The number of halogens is 2. The Morgan fingerprint density at radius 1 is 0.784 bits per heavy atom. The predicted molar refractivity (Wildman–Crippen MR) is 154 cm³/mol. The van der Waals surface area contributed by atoms with Crippen LogP contribution < -0.4 is 24.8 Å². The first-order chi connectivity index (χ1) is 16.3. The van der Waals surface area contributed by atoms with Gasteiger partial charge in [-0.2, -0.15) is 0 Å². The molecular weight excluding hydrogens is 587 g/mol. The van der Waals surface area contributed by atoms with Crippen molar-refractivity contribution in [2.24, 2.45) is 5.92 Å². The molecule has 0 aromatic heterocycles. The molecule has 2 aromatic rings. The molecule has 0 saturated carbocycles. The summed E-state index contributed by atoms with van der Waals surface area (Å²) in [5.74, 6) is 0.595. The van der Waals surface area contributed by atoms with Crippen LogP contribution in [0.5, 0.6) is 0 Å². The Bertz CT molecular complexity index is 1270. The minimum absolute atomic E-state index is 0. The third-order valence-electron chi connectivity index (χ3n) is 8.63. The molecule has 0 nitrogen and oxygen atoms in total. The second kappa shape index (κ2) is 12.2. The molecule has 0 fully saturated rings. The summed E-state index contributed by atoms with van der Waals surface area (Å²) in [6.45, 7) is 26.7. The van der Waals surface area contributed by atoms with Gasteiger partial charge < -0.3 is 24.8 Å². The molecule has 4 heteroatoms. The zero-order valence-corrected chi connectivity index (χ0v) is 29.6. The molecule has 0 radical (unpaired) electrons. The average Bonchev–Trinajstić information content (AvgIpc) is 3.27. The van der Waals surface area contributed by atoms with Gasteiger partial charge in [-0.25, -0.2) is 0 Å². The van der Waals surface area contributed by atoms with Gasteiger partial charge in [0.2, 0.25) is 0 Å². The largest absolute Gasteiger partial charge is 1.00 e. The third-order valence-corrected chi connectivity index (χ3v) is 28.5. The number of hydrogen-bond donors (Lipinski definition) is 0. The van der Waals surface area contributed by atoms with Crippen molar-refractivity contribution in [1.29, 1.82) is 0 Å². The van der Waals surface area contributed by atoms with Crippen LogP contribution >= 0.6 is 0 Å². The number of hydrogen-bond acceptors (Lipinski definition) is 0. The van der Waals surface area contributed by atoms with E-state index in [9.17, 15) is 0 Å². The Kier molecular flexibility index (Phi) is 10.8. The van der Waals surface area contributed by atoms with Crippen LogP contribution in [0.1, 0.15) is 82.6 Å². The van der Waals surface area contributed by atoms with Crippen LogP contribution in [0.2, 0.25) is 16.7 Å². The predicted octanol–water partition coefficient (Wildman–Crippen LogP) is 4.10. The van der Waals surface area contributed by atoms with Crippen molar-refractivity contribution in [3.8, 4) is 11.1 Å². The molecule has 198 valence electrons. The molecular formula is C33H44Cl2SiZr. The first-order valence-corrected chi connectivity index (χ1v) is 22.3. The van der Waals surface area contributed by atoms with Gasteiger partial charge in [0.15, 0.2) is 0 Å². The molecule has 0 amide bonds. The van der Waals surface area contributed by atoms with Crippen LogP contribution in [0.25, 0.3) is 17.2 Å². The minimum atomic E-state index is -1.95. The van der Waals surface area contributed by atoms with E-state index in [-0.39, 0.29) is 35.7 Å². The van der Waals surface area contributed by atoms with Crippen LogP contribution in [0.15, 0.2) is 70.3 Å². The van der Waals surface area contributed by atoms with Crippen molar-refractivity contribution in [3.63, 3.8) is 0 Å². The maximum atomic E-state index is 2.63. The molecule has 2 aliphatic carbocycles. The van der Waals surface area contributed by atoms with Gasteiger partial charge in [-0.3, -0.25) is 0 Å². The molecule has 4 rings (SSSR count). The Balaban J connectivity index is 0.00000241. The summed E-state index contributed by atoms with van der Waals surface area (Å²) < 4.78 is 1.48. The van der Waals surface area contributed by atoms with Gasteiger partial charge >= 0.3 is 224 Å². The molecule has 0 heterocycles. The summed E-state index contributed by atoms with van der Waals surface area (Å²) in [7, 11) is 0. The van der Waals surface area contributed by atoms with E-state index in [2.05, 4.69) is 124 Å². The molecule has 0 bridgehead atoms. The van der Waals surface area contributed by atoms with E-state index in [0.717, 1.165) is 3.63 Å². The van der Waals surface area contributed by atoms with E-state index in [1.165, 1.54) is 22.3 Å². The van der Waals surface area contributed by atoms with E-state index < -0.39 is 20.4 Å². The quantitative estimate of drug-likeness (QED) is 0.447. The van der Waals surface area contributed by atoms with Gasteiger partial charge in [-0.1, -0.05) is 0 Å². The Morgan fingerprint density at radius 3 is 1.78 bits per heavy atom. The van der Waals surface area contributed by atoms with Gasteiger partial charge in [0, 0.05) is 0 Å². The first kappa shape index (κ1) is 32.6. The fourth-order valence-electron chi connectivity index (χ4n) is 6.23. The zero-order chi connectivity index (χ0) is 25.8. The van der Waals surface area contributed by atoms with Crippen molar-refractivity contribution in [2.75, 3.05) is 0 Å². The van der Waals surface area contributed by atoms with Crippen molar-refractivity contribution < 1.29 is 45.2 Å². The number of rotatable bonds is 4. The summed E-state index contributed by atoms with van der Waals surface area (Å²) in [5.41, 5.74) is 15.4. The van der Waals surface area contributed by atoms with Gasteiger partial charge in [0.1, 0.15) is 0 Å². The Morgan fingerprint density at radius 2 is 1.32 bits per heavy atom. The SMILES string of the molecule is CC1=C(C)[CH]([Zr+2]([CH]2C(C(C)C)=Cc3c(-c4ccc(C(C)(C)C)cc4)cccc32)=[Si](C)C)C(C)=C1C.[Cl-].[Cl-]. The average molecular weight is 631 g/mol. The van der Waals surface area contributed by atoms with Crippen LogP contribution in [-0.4, -0.2) is 5.43 Å². The topological polar surface area (TPSA) is 0 Å². The summed E-state index contributed by atoms with van der Waals surface area (Å²) in [5, 5.41) is 0. The molecule has 37 heavy (non-hydrogen) atoms. The zero-order valence-electron chi connectivity index (χ0n) is 24.6. The second-order valence-corrected chi connectivity index (χ2v) is 30.2. The van der Waals surface area contributed by atoms with Crippen LogP contribution in [0.3, 0.4) is 0 Å². The maximum Gasteiger partial charge on any atom is -1.00 e. The fourth-order valence-corrected chi connectivity index (χ4v) is 27.9. The van der Waals surface area contributed by atoms with E-state index >= 15 is 0 Å². The van der Waals surface area contributed by atoms with Crippen LogP contribution in [-0.2, 0) is 25.8 Å². The molecule has 0 aliphatic heterocycles. The monoisotopic (exact) mass is 628 g/mol. The molecule has 0 N–H and O–H groups in total. The van der Waals surface area contributed by atoms with E-state index in [4.69, 9.17) is 0 Å². The minimum Gasteiger partial charge on any atom is -1.00 e. The molecule has 0 saturated heterocycles. The van der Waals surface area contributed by atoms with Crippen LogP contribution in [0, 0.1) is 5.92 Å². The first-order valence-electron chi connectivity index (χ1n) is 13.3. The van der Waals surface area contributed by atoms with E-state index in [1.54, 1.807) is 33.4 Å². The fraction of sp³-hybridized carbons (Fsp3) is 0.455. The van der Waals surface area contributed by atoms with Crippen molar-refractivity contribution >= 4 is 11.5 Å². The van der Waals surface area contributed by atoms with Gasteiger partial charge in [-0.15, -0.1) is 0 Å². The molecule has 1 unspecified atom stereocenters. The standard InChI is InChI=1S/C22H25.C9H13.C2H6Si.2ClH.Zr/c1-15(2)18-13-17-7-6-8-20(21(17)14-18)16-9-11-19(12-10-16)22(3,4)5;1-6-5-7(2)9(4)8(6)3;1-3-2;;;/h6-15H,1-5H3;5H,1-4H3;1-2H3;2*1H;/q;;;;;+2/p-2. The van der Waals surface area contributed by atoms with Crippen LogP contribution in [0.4, 0.5) is 0 Å². The summed E-state index contributed by atoms with van der Waals surface area (Å²) >= 11 is -1.95. The van der Waals surface area contributed by atoms with Crippen molar-refractivity contribution in [2.45, 2.75) is 88.1 Å². The molecule has 2 aliphatic rings. The van der Waals surface area contributed by atoms with Crippen molar-refractivity contribution in [1.82, 2.24) is 0 Å².